The van der Waals surface area contributed by atoms with E-state index in [1.54, 1.807) is 6.07 Å². The van der Waals surface area contributed by atoms with E-state index >= 15 is 0 Å². The van der Waals surface area contributed by atoms with Crippen molar-refractivity contribution in [3.05, 3.63) is 50.3 Å². The Morgan fingerprint density at radius 1 is 1.14 bits per heavy atom. The maximum absolute atomic E-state index is 13.9. The van der Waals surface area contributed by atoms with E-state index in [1.807, 2.05) is 22.6 Å². The molecule has 0 aliphatic rings. The lowest BCUT2D eigenvalue weighted by atomic mass is 10.2. The molecular weight excluding hydrogens is 458 g/mol. The van der Waals surface area contributed by atoms with Crippen molar-refractivity contribution in [1.29, 1.82) is 0 Å². The number of benzene rings is 2. The smallest absolute Gasteiger partial charge is 0.296 e. The van der Waals surface area contributed by atoms with E-state index in [2.05, 4.69) is 5.32 Å². The predicted molar refractivity (Wildman–Crippen MR) is 83.6 cm³/mol. The second-order valence-corrected chi connectivity index (χ2v) is 7.13. The minimum Gasteiger partial charge on any atom is -0.351 e. The maximum Gasteiger partial charge on any atom is 0.296 e. The van der Waals surface area contributed by atoms with Crippen molar-refractivity contribution >= 4 is 55.7 Å². The fourth-order valence-corrected chi connectivity index (χ4v) is 3.17. The van der Waals surface area contributed by atoms with Crippen LogP contribution in [0.25, 0.3) is 0 Å². The summed E-state index contributed by atoms with van der Waals surface area (Å²) in [5.74, 6) is -5.41. The van der Waals surface area contributed by atoms with Gasteiger partial charge >= 0.3 is 0 Å². The molecule has 10 heteroatoms. The third-order valence-corrected chi connectivity index (χ3v) is 4.46. The molecule has 0 bridgehead atoms. The van der Waals surface area contributed by atoms with Crippen molar-refractivity contribution in [2.45, 2.75) is 4.90 Å². The molecule has 2 rings (SSSR count). The molecule has 0 radical (unpaired) electrons. The molecule has 4 nitrogen and oxygen atoms in total. The van der Waals surface area contributed by atoms with Crippen LogP contribution in [-0.4, -0.2) is 13.0 Å². The van der Waals surface area contributed by atoms with Crippen molar-refractivity contribution in [2.75, 3.05) is 5.32 Å². The van der Waals surface area contributed by atoms with Gasteiger partial charge in [0.05, 0.1) is 16.4 Å². The van der Waals surface area contributed by atoms with E-state index < -0.39 is 38.2 Å². The Labute approximate surface area is 142 Å². The summed E-state index contributed by atoms with van der Waals surface area (Å²) in [6, 6.07) is 4.62. The van der Waals surface area contributed by atoms with E-state index in [0.717, 1.165) is 3.57 Å². The maximum atomic E-state index is 13.9. The van der Waals surface area contributed by atoms with Gasteiger partial charge in [-0.3, -0.25) is 4.55 Å². The van der Waals surface area contributed by atoms with Gasteiger partial charge in [0.15, 0.2) is 17.5 Å². The zero-order valence-electron chi connectivity index (χ0n) is 10.4. The average molecular weight is 464 g/mol. The van der Waals surface area contributed by atoms with Crippen molar-refractivity contribution in [2.24, 2.45) is 0 Å². The van der Waals surface area contributed by atoms with Crippen LogP contribution in [0.15, 0.2) is 29.2 Å². The van der Waals surface area contributed by atoms with E-state index in [-0.39, 0.29) is 16.8 Å². The Hall–Kier alpha value is -1.04. The van der Waals surface area contributed by atoms with Crippen LogP contribution in [0, 0.1) is 21.0 Å². The summed E-state index contributed by atoms with van der Waals surface area (Å²) < 4.78 is 72.6. The van der Waals surface area contributed by atoms with Crippen LogP contribution in [0.5, 0.6) is 0 Å². The number of hydrogen-bond donors (Lipinski definition) is 2. The Bertz CT molecular complexity index is 861. The standard InChI is InChI=1S/C12H6ClF3INO3S/c13-6-3-5(17)1-2-8(6)18-12-9(22(19,20)21)4-7(14)10(15)11(12)16/h1-4,18H,(H,19,20,21). The Morgan fingerprint density at radius 3 is 2.32 bits per heavy atom. The Kier molecular flexibility index (Phi) is 4.90. The highest BCUT2D eigenvalue weighted by atomic mass is 127. The summed E-state index contributed by atoms with van der Waals surface area (Å²) in [4.78, 5) is -1.14. The SMILES string of the molecule is O=S(=O)(O)c1cc(F)c(F)c(F)c1Nc1ccc(I)cc1Cl. The number of nitrogens with one attached hydrogen (secondary N) is 1. The van der Waals surface area contributed by atoms with Crippen LogP contribution in [0.3, 0.4) is 0 Å². The van der Waals surface area contributed by atoms with Gasteiger partial charge < -0.3 is 5.32 Å². The molecule has 0 heterocycles. The average Bonchev–Trinajstić information content (AvgIpc) is 2.40. The summed E-state index contributed by atoms with van der Waals surface area (Å²) in [5.41, 5.74) is -0.888. The van der Waals surface area contributed by atoms with Crippen LogP contribution in [-0.2, 0) is 10.1 Å². The van der Waals surface area contributed by atoms with Gasteiger partial charge in [-0.2, -0.15) is 8.42 Å². The quantitative estimate of drug-likeness (QED) is 0.403. The first kappa shape index (κ1) is 17.3. The van der Waals surface area contributed by atoms with Gasteiger partial charge in [0.1, 0.15) is 4.90 Å². The third-order valence-electron chi connectivity index (χ3n) is 2.59. The van der Waals surface area contributed by atoms with Crippen LogP contribution >= 0.6 is 34.2 Å². The second-order valence-electron chi connectivity index (χ2n) is 4.08. The van der Waals surface area contributed by atoms with Crippen molar-refractivity contribution in [3.8, 4) is 0 Å². The zero-order valence-corrected chi connectivity index (χ0v) is 14.1. The first-order valence-corrected chi connectivity index (χ1v) is 8.38. The molecule has 2 aromatic rings. The lowest BCUT2D eigenvalue weighted by Gasteiger charge is -2.13. The Balaban J connectivity index is 2.66. The van der Waals surface area contributed by atoms with Crippen LogP contribution in [0.4, 0.5) is 24.5 Å². The largest absolute Gasteiger partial charge is 0.351 e. The number of hydrogen-bond acceptors (Lipinski definition) is 3. The highest BCUT2D eigenvalue weighted by Gasteiger charge is 2.26. The minimum atomic E-state index is -4.99. The van der Waals surface area contributed by atoms with Crippen LogP contribution in [0.2, 0.25) is 5.02 Å². The monoisotopic (exact) mass is 463 g/mol. The summed E-state index contributed by atoms with van der Waals surface area (Å²) in [6.07, 6.45) is 0. The predicted octanol–water partition coefficient (Wildman–Crippen LogP) is 4.35. The van der Waals surface area contributed by atoms with Gasteiger partial charge in [0.25, 0.3) is 10.1 Å². The normalized spacial score (nSPS) is 11.5. The number of anilines is 2. The molecule has 118 valence electrons. The molecule has 0 aliphatic heterocycles. The van der Waals surface area contributed by atoms with Gasteiger partial charge in [-0.05, 0) is 40.8 Å². The molecule has 0 spiro atoms. The summed E-state index contributed by atoms with van der Waals surface area (Å²) >= 11 is 7.86. The molecule has 2 N–H and O–H groups in total. The molecule has 0 saturated carbocycles. The number of rotatable bonds is 3. The highest BCUT2D eigenvalue weighted by molar-refractivity contribution is 14.1. The zero-order chi connectivity index (χ0) is 16.7. The molecule has 2 aromatic carbocycles. The summed E-state index contributed by atoms with van der Waals surface area (Å²) in [7, 11) is -4.99. The minimum absolute atomic E-state index is 0.0527. The van der Waals surface area contributed by atoms with E-state index in [9.17, 15) is 21.6 Å². The van der Waals surface area contributed by atoms with Gasteiger partial charge in [0, 0.05) is 9.64 Å². The molecule has 0 saturated heterocycles. The van der Waals surface area contributed by atoms with Crippen molar-refractivity contribution in [3.63, 3.8) is 0 Å². The van der Waals surface area contributed by atoms with Crippen molar-refractivity contribution < 1.29 is 26.1 Å². The summed E-state index contributed by atoms with van der Waals surface area (Å²) in [5, 5.41) is 2.35. The molecule has 0 unspecified atom stereocenters. The fraction of sp³-hybridized carbons (Fsp3) is 0. The van der Waals surface area contributed by atoms with Gasteiger partial charge in [-0.25, -0.2) is 13.2 Å². The van der Waals surface area contributed by atoms with E-state index in [1.165, 1.54) is 12.1 Å². The summed E-state index contributed by atoms with van der Waals surface area (Å²) in [6.45, 7) is 0. The molecule has 0 amide bonds. The van der Waals surface area contributed by atoms with Crippen LogP contribution < -0.4 is 5.32 Å². The van der Waals surface area contributed by atoms with E-state index in [0.29, 0.717) is 0 Å². The number of halogens is 5. The molecule has 0 fully saturated rings. The van der Waals surface area contributed by atoms with E-state index in [4.69, 9.17) is 16.2 Å². The van der Waals surface area contributed by atoms with Gasteiger partial charge in [-0.15, -0.1) is 0 Å². The Morgan fingerprint density at radius 2 is 1.77 bits per heavy atom. The van der Waals surface area contributed by atoms with Crippen molar-refractivity contribution in [1.82, 2.24) is 0 Å². The third kappa shape index (κ3) is 3.47. The lowest BCUT2D eigenvalue weighted by molar-refractivity contribution is 0.440. The molecule has 0 aromatic heterocycles. The van der Waals surface area contributed by atoms with Gasteiger partial charge in [0.2, 0.25) is 0 Å². The first-order chi connectivity index (χ1) is 10.1. The second kappa shape index (κ2) is 6.22. The topological polar surface area (TPSA) is 66.4 Å². The molecule has 0 aliphatic carbocycles. The lowest BCUT2D eigenvalue weighted by Crippen LogP contribution is -2.09. The fourth-order valence-electron chi connectivity index (χ4n) is 1.62. The first-order valence-electron chi connectivity index (χ1n) is 5.48. The van der Waals surface area contributed by atoms with Gasteiger partial charge in [-0.1, -0.05) is 11.6 Å². The highest BCUT2D eigenvalue weighted by Crippen LogP contribution is 2.34. The molecule has 0 atom stereocenters. The molecule has 22 heavy (non-hydrogen) atoms. The van der Waals surface area contributed by atoms with Crippen LogP contribution in [0.1, 0.15) is 0 Å². The molecular formula is C12H6ClF3INO3S.